The van der Waals surface area contributed by atoms with Crippen molar-refractivity contribution in [2.45, 2.75) is 25.7 Å². The molecule has 2 aromatic carbocycles. The zero-order chi connectivity index (χ0) is 22.1. The molecule has 1 unspecified atom stereocenters. The number of aryl methyl sites for hydroxylation is 1. The lowest BCUT2D eigenvalue weighted by atomic mass is 9.82. The van der Waals surface area contributed by atoms with Crippen LogP contribution >= 0.6 is 0 Å². The van der Waals surface area contributed by atoms with E-state index in [1.54, 1.807) is 6.20 Å². The van der Waals surface area contributed by atoms with E-state index < -0.39 is 0 Å². The van der Waals surface area contributed by atoms with Crippen LogP contribution in [0.3, 0.4) is 0 Å². The second kappa shape index (κ2) is 8.54. The summed E-state index contributed by atoms with van der Waals surface area (Å²) in [7, 11) is 0. The van der Waals surface area contributed by atoms with Crippen molar-refractivity contribution < 1.29 is 9.59 Å². The van der Waals surface area contributed by atoms with E-state index in [-0.39, 0.29) is 17.6 Å². The number of fused-ring (bicyclic) bond motifs is 1. The second-order valence-electron chi connectivity index (χ2n) is 8.56. The van der Waals surface area contributed by atoms with E-state index in [9.17, 15) is 9.59 Å². The lowest BCUT2D eigenvalue weighted by molar-refractivity contribution is 0.0745. The van der Waals surface area contributed by atoms with Gasteiger partial charge in [-0.15, -0.1) is 0 Å². The molecule has 1 aliphatic carbocycles. The smallest absolute Gasteiger partial charge is 0.254 e. The van der Waals surface area contributed by atoms with Gasteiger partial charge in [-0.1, -0.05) is 48.5 Å². The van der Waals surface area contributed by atoms with Crippen LogP contribution in [-0.2, 0) is 6.42 Å². The van der Waals surface area contributed by atoms with E-state index in [1.165, 1.54) is 5.56 Å². The van der Waals surface area contributed by atoms with Crippen LogP contribution in [0.5, 0.6) is 0 Å². The maximum absolute atomic E-state index is 12.9. The lowest BCUT2D eigenvalue weighted by Crippen LogP contribution is -2.49. The molecule has 1 fully saturated rings. The molecule has 3 aromatic rings. The Bertz CT molecular complexity index is 1150. The van der Waals surface area contributed by atoms with Gasteiger partial charge in [0.2, 0.25) is 5.95 Å². The number of carbonyl (C=O) groups excluding carboxylic acids is 2. The van der Waals surface area contributed by atoms with Crippen molar-refractivity contribution >= 4 is 17.6 Å². The molecule has 1 saturated heterocycles. The Balaban J connectivity index is 1.30. The number of amides is 1. The summed E-state index contributed by atoms with van der Waals surface area (Å²) in [5, 5.41) is 0. The molecule has 1 aromatic heterocycles. The summed E-state index contributed by atoms with van der Waals surface area (Å²) in [5.74, 6) is 0.987. The molecule has 2 heterocycles. The summed E-state index contributed by atoms with van der Waals surface area (Å²) in [4.78, 5) is 38.9. The fourth-order valence-corrected chi connectivity index (χ4v) is 4.64. The highest BCUT2D eigenvalue weighted by Gasteiger charge is 2.30. The quantitative estimate of drug-likeness (QED) is 0.640. The van der Waals surface area contributed by atoms with Gasteiger partial charge in [-0.05, 0) is 36.5 Å². The Hall–Kier alpha value is -3.54. The normalized spacial score (nSPS) is 18.4. The molecule has 0 radical (unpaired) electrons. The maximum Gasteiger partial charge on any atom is 0.254 e. The minimum Gasteiger partial charge on any atom is -0.337 e. The summed E-state index contributed by atoms with van der Waals surface area (Å²) in [6.45, 7) is 4.56. The van der Waals surface area contributed by atoms with Crippen LogP contribution in [0.1, 0.15) is 49.9 Å². The molecular formula is C26H26N4O2. The first-order valence-corrected chi connectivity index (χ1v) is 11.1. The minimum absolute atomic E-state index is 0.0745. The van der Waals surface area contributed by atoms with Crippen molar-refractivity contribution in [3.05, 3.63) is 88.7 Å². The Morgan fingerprint density at radius 2 is 1.66 bits per heavy atom. The third kappa shape index (κ3) is 3.88. The molecule has 0 N–H and O–H groups in total. The maximum atomic E-state index is 12.9. The molecule has 5 rings (SSSR count). The Labute approximate surface area is 187 Å². The third-order valence-corrected chi connectivity index (χ3v) is 6.52. The van der Waals surface area contributed by atoms with Crippen molar-refractivity contribution in [1.82, 2.24) is 14.9 Å². The molecule has 0 spiro atoms. The number of carbonyl (C=O) groups is 2. The number of piperazine rings is 1. The number of nitrogens with zero attached hydrogens (tertiary/aromatic N) is 4. The molecule has 32 heavy (non-hydrogen) atoms. The van der Waals surface area contributed by atoms with Crippen LogP contribution in [0.4, 0.5) is 5.95 Å². The van der Waals surface area contributed by atoms with Crippen LogP contribution in [-0.4, -0.2) is 52.7 Å². The standard InChI is InChI=1S/C26H26N4O2/c1-18-7-5-6-10-21(18)25(32)29-11-13-30(14-12-29)26-27-17-22-23(28-26)15-20(16-24(22)31)19-8-3-2-4-9-19/h2-10,17,20H,11-16H2,1H3. The van der Waals surface area contributed by atoms with Gasteiger partial charge < -0.3 is 9.80 Å². The number of ketones is 1. The number of hydrogen-bond donors (Lipinski definition) is 0. The summed E-state index contributed by atoms with van der Waals surface area (Å²) < 4.78 is 0. The SMILES string of the molecule is Cc1ccccc1C(=O)N1CCN(c2ncc3c(n2)CC(c2ccccc2)CC3=O)CC1. The number of hydrogen-bond acceptors (Lipinski definition) is 5. The zero-order valence-electron chi connectivity index (χ0n) is 18.2. The first-order chi connectivity index (χ1) is 15.6. The van der Waals surface area contributed by atoms with Gasteiger partial charge in [0.25, 0.3) is 5.91 Å². The number of rotatable bonds is 3. The second-order valence-corrected chi connectivity index (χ2v) is 8.56. The topological polar surface area (TPSA) is 66.4 Å². The van der Waals surface area contributed by atoms with Crippen molar-refractivity contribution in [1.29, 1.82) is 0 Å². The molecule has 0 bridgehead atoms. The number of benzene rings is 2. The van der Waals surface area contributed by atoms with Gasteiger partial charge in [-0.2, -0.15) is 0 Å². The van der Waals surface area contributed by atoms with Crippen LogP contribution in [0.25, 0.3) is 0 Å². The van der Waals surface area contributed by atoms with Crippen LogP contribution in [0.2, 0.25) is 0 Å². The van der Waals surface area contributed by atoms with Gasteiger partial charge in [-0.25, -0.2) is 9.97 Å². The Morgan fingerprint density at radius 1 is 0.938 bits per heavy atom. The van der Waals surface area contributed by atoms with Crippen LogP contribution in [0, 0.1) is 6.92 Å². The monoisotopic (exact) mass is 426 g/mol. The third-order valence-electron chi connectivity index (χ3n) is 6.52. The van der Waals surface area contributed by atoms with Crippen molar-refractivity contribution in [2.75, 3.05) is 31.1 Å². The minimum atomic E-state index is 0.0745. The van der Waals surface area contributed by atoms with Gasteiger partial charge in [0.1, 0.15) is 0 Å². The van der Waals surface area contributed by atoms with Crippen molar-refractivity contribution in [3.8, 4) is 0 Å². The van der Waals surface area contributed by atoms with Crippen molar-refractivity contribution in [2.24, 2.45) is 0 Å². The summed E-state index contributed by atoms with van der Waals surface area (Å²) in [5.41, 5.74) is 4.41. The van der Waals surface area contributed by atoms with E-state index >= 15 is 0 Å². The summed E-state index contributed by atoms with van der Waals surface area (Å²) in [6, 6.07) is 17.9. The largest absolute Gasteiger partial charge is 0.337 e. The zero-order valence-corrected chi connectivity index (χ0v) is 18.2. The van der Waals surface area contributed by atoms with Crippen LogP contribution < -0.4 is 4.90 Å². The lowest BCUT2D eigenvalue weighted by Gasteiger charge is -2.35. The van der Waals surface area contributed by atoms with Crippen molar-refractivity contribution in [3.63, 3.8) is 0 Å². The van der Waals surface area contributed by atoms with E-state index in [0.717, 1.165) is 23.2 Å². The molecule has 0 saturated carbocycles. The number of anilines is 1. The molecule has 1 atom stereocenters. The predicted molar refractivity (Wildman–Crippen MR) is 123 cm³/mol. The summed E-state index contributed by atoms with van der Waals surface area (Å²) in [6.07, 6.45) is 2.93. The predicted octanol–water partition coefficient (Wildman–Crippen LogP) is 3.66. The molecular weight excluding hydrogens is 400 g/mol. The molecule has 1 amide bonds. The molecule has 1 aliphatic heterocycles. The average molecular weight is 427 g/mol. The molecule has 162 valence electrons. The summed E-state index contributed by atoms with van der Waals surface area (Å²) >= 11 is 0. The van der Waals surface area contributed by atoms with Gasteiger partial charge >= 0.3 is 0 Å². The van der Waals surface area contributed by atoms with E-state index in [4.69, 9.17) is 4.98 Å². The molecule has 6 nitrogen and oxygen atoms in total. The Kier molecular flexibility index (Phi) is 5.43. The number of Topliss-reactive ketones (excluding diaryl/α,β-unsaturated/α-hetero) is 1. The van der Waals surface area contributed by atoms with Gasteiger partial charge in [0, 0.05) is 44.4 Å². The highest BCUT2D eigenvalue weighted by molar-refractivity contribution is 5.98. The highest BCUT2D eigenvalue weighted by atomic mass is 16.2. The fourth-order valence-electron chi connectivity index (χ4n) is 4.64. The van der Waals surface area contributed by atoms with E-state index in [1.807, 2.05) is 54.3 Å². The van der Waals surface area contributed by atoms with Gasteiger partial charge in [0.15, 0.2) is 5.78 Å². The first-order valence-electron chi connectivity index (χ1n) is 11.1. The van der Waals surface area contributed by atoms with E-state index in [0.29, 0.717) is 44.1 Å². The fraction of sp³-hybridized carbons (Fsp3) is 0.308. The first kappa shape index (κ1) is 20.4. The highest BCUT2D eigenvalue weighted by Crippen LogP contribution is 2.32. The Morgan fingerprint density at radius 3 is 2.41 bits per heavy atom. The van der Waals surface area contributed by atoms with Gasteiger partial charge in [-0.3, -0.25) is 9.59 Å². The van der Waals surface area contributed by atoms with Crippen LogP contribution in [0.15, 0.2) is 60.8 Å². The molecule has 6 heteroatoms. The number of aromatic nitrogens is 2. The van der Waals surface area contributed by atoms with E-state index in [2.05, 4.69) is 22.0 Å². The average Bonchev–Trinajstić information content (AvgIpc) is 2.84. The molecule has 2 aliphatic rings. The van der Waals surface area contributed by atoms with Gasteiger partial charge in [0.05, 0.1) is 11.3 Å².